The largest absolute Gasteiger partial charge is 0.263 e. The van der Waals surface area contributed by atoms with Gasteiger partial charge >= 0.3 is 0 Å². The Morgan fingerprint density at radius 1 is 0.867 bits per heavy atom. The molecule has 0 bridgehead atoms. The standard InChI is InChI=1S/C11H6Cl3N/c12-8-1-2-10(11(14)4-8)7-3-9(13)6-15-5-7/h1-6H. The van der Waals surface area contributed by atoms with Crippen molar-refractivity contribution >= 4 is 34.8 Å². The molecule has 0 radical (unpaired) electrons. The van der Waals surface area contributed by atoms with Crippen LogP contribution in [0, 0.1) is 0 Å². The normalized spacial score (nSPS) is 10.3. The minimum Gasteiger partial charge on any atom is -0.263 e. The number of halogens is 3. The first-order valence-electron chi connectivity index (χ1n) is 4.23. The van der Waals surface area contributed by atoms with Gasteiger partial charge in [0.1, 0.15) is 0 Å². The first-order valence-corrected chi connectivity index (χ1v) is 5.36. The van der Waals surface area contributed by atoms with Gasteiger partial charge in [0, 0.05) is 33.6 Å². The molecule has 0 fully saturated rings. The smallest absolute Gasteiger partial charge is 0.0595 e. The molecule has 2 rings (SSSR count). The summed E-state index contributed by atoms with van der Waals surface area (Å²) in [5.74, 6) is 0. The Kier molecular flexibility index (Phi) is 3.15. The zero-order valence-corrected chi connectivity index (χ0v) is 9.81. The molecule has 76 valence electrons. The molecule has 0 N–H and O–H groups in total. The van der Waals surface area contributed by atoms with Crippen LogP contribution in [0.15, 0.2) is 36.7 Å². The fourth-order valence-electron chi connectivity index (χ4n) is 1.28. The summed E-state index contributed by atoms with van der Waals surface area (Å²) in [6.45, 7) is 0. The highest BCUT2D eigenvalue weighted by molar-refractivity contribution is 6.36. The van der Waals surface area contributed by atoms with E-state index in [1.165, 1.54) is 0 Å². The number of pyridine rings is 1. The van der Waals surface area contributed by atoms with Gasteiger partial charge in [-0.05, 0) is 18.2 Å². The highest BCUT2D eigenvalue weighted by Gasteiger charge is 2.04. The summed E-state index contributed by atoms with van der Waals surface area (Å²) in [5, 5.41) is 1.78. The summed E-state index contributed by atoms with van der Waals surface area (Å²) in [6.07, 6.45) is 3.29. The van der Waals surface area contributed by atoms with Gasteiger partial charge in [0.15, 0.2) is 0 Å². The Hall–Kier alpha value is -0.760. The predicted octanol–water partition coefficient (Wildman–Crippen LogP) is 4.71. The second kappa shape index (κ2) is 4.40. The first kappa shape index (κ1) is 10.7. The molecule has 0 aliphatic heterocycles. The van der Waals surface area contributed by atoms with E-state index >= 15 is 0 Å². The molecule has 1 heterocycles. The number of aromatic nitrogens is 1. The monoisotopic (exact) mass is 257 g/mol. The molecule has 0 saturated carbocycles. The molecule has 0 unspecified atom stereocenters. The van der Waals surface area contributed by atoms with Gasteiger partial charge in [-0.3, -0.25) is 4.98 Å². The minimum atomic E-state index is 0.582. The fourth-order valence-corrected chi connectivity index (χ4v) is 1.97. The maximum Gasteiger partial charge on any atom is 0.0595 e. The highest BCUT2D eigenvalue weighted by Crippen LogP contribution is 2.30. The van der Waals surface area contributed by atoms with Crippen LogP contribution in [-0.2, 0) is 0 Å². The topological polar surface area (TPSA) is 12.9 Å². The van der Waals surface area contributed by atoms with Gasteiger partial charge in [-0.1, -0.05) is 40.9 Å². The van der Waals surface area contributed by atoms with Crippen molar-refractivity contribution in [1.82, 2.24) is 4.98 Å². The second-order valence-corrected chi connectivity index (χ2v) is 4.30. The van der Waals surface area contributed by atoms with E-state index in [1.807, 2.05) is 12.1 Å². The van der Waals surface area contributed by atoms with Crippen LogP contribution in [0.25, 0.3) is 11.1 Å². The summed E-state index contributed by atoms with van der Waals surface area (Å²) in [7, 11) is 0. The molecule has 1 nitrogen and oxygen atoms in total. The number of hydrogen-bond donors (Lipinski definition) is 0. The molecule has 15 heavy (non-hydrogen) atoms. The van der Waals surface area contributed by atoms with Crippen LogP contribution in [0.1, 0.15) is 0 Å². The lowest BCUT2D eigenvalue weighted by Gasteiger charge is -2.04. The van der Waals surface area contributed by atoms with Crippen molar-refractivity contribution < 1.29 is 0 Å². The van der Waals surface area contributed by atoms with Gasteiger partial charge in [-0.2, -0.15) is 0 Å². The molecule has 0 spiro atoms. The fraction of sp³-hybridized carbons (Fsp3) is 0. The number of hydrogen-bond acceptors (Lipinski definition) is 1. The van der Waals surface area contributed by atoms with Gasteiger partial charge in [0.05, 0.1) is 5.02 Å². The Bertz CT molecular complexity index is 497. The molecule has 0 aliphatic rings. The zero-order chi connectivity index (χ0) is 10.8. The van der Waals surface area contributed by atoms with Gasteiger partial charge in [-0.15, -0.1) is 0 Å². The lowest BCUT2D eigenvalue weighted by molar-refractivity contribution is 1.33. The van der Waals surface area contributed by atoms with Gasteiger partial charge in [0.2, 0.25) is 0 Å². The SMILES string of the molecule is Clc1cncc(-c2ccc(Cl)cc2Cl)c1. The average molecular weight is 259 g/mol. The van der Waals surface area contributed by atoms with E-state index in [1.54, 1.807) is 24.5 Å². The third-order valence-corrected chi connectivity index (χ3v) is 2.70. The van der Waals surface area contributed by atoms with Gasteiger partial charge < -0.3 is 0 Å². The van der Waals surface area contributed by atoms with Crippen LogP contribution < -0.4 is 0 Å². The van der Waals surface area contributed by atoms with Crippen molar-refractivity contribution in [3.8, 4) is 11.1 Å². The second-order valence-electron chi connectivity index (χ2n) is 3.02. The molecule has 1 aromatic heterocycles. The molecule has 0 amide bonds. The average Bonchev–Trinajstić information content (AvgIpc) is 2.17. The molecule has 1 aromatic carbocycles. The van der Waals surface area contributed by atoms with Crippen molar-refractivity contribution in [3.63, 3.8) is 0 Å². The van der Waals surface area contributed by atoms with E-state index in [0.29, 0.717) is 15.1 Å². The van der Waals surface area contributed by atoms with E-state index in [0.717, 1.165) is 11.1 Å². The maximum atomic E-state index is 6.06. The Morgan fingerprint density at radius 3 is 2.33 bits per heavy atom. The van der Waals surface area contributed by atoms with Crippen molar-refractivity contribution in [3.05, 3.63) is 51.7 Å². The highest BCUT2D eigenvalue weighted by atomic mass is 35.5. The summed E-state index contributed by atoms with van der Waals surface area (Å²) in [5.41, 5.74) is 1.75. The van der Waals surface area contributed by atoms with Crippen LogP contribution in [0.2, 0.25) is 15.1 Å². The number of benzene rings is 1. The van der Waals surface area contributed by atoms with Crippen LogP contribution in [0.4, 0.5) is 0 Å². The lowest BCUT2D eigenvalue weighted by Crippen LogP contribution is -1.81. The number of rotatable bonds is 1. The minimum absolute atomic E-state index is 0.582. The first-order chi connectivity index (χ1) is 7.16. The van der Waals surface area contributed by atoms with Crippen LogP contribution in [0.5, 0.6) is 0 Å². The van der Waals surface area contributed by atoms with Crippen molar-refractivity contribution in [1.29, 1.82) is 0 Å². The molecule has 2 aromatic rings. The maximum absolute atomic E-state index is 6.06. The molecule has 0 aliphatic carbocycles. The molecule has 0 saturated heterocycles. The van der Waals surface area contributed by atoms with Crippen molar-refractivity contribution in [2.75, 3.05) is 0 Å². The van der Waals surface area contributed by atoms with Crippen LogP contribution >= 0.6 is 34.8 Å². The quantitative estimate of drug-likeness (QED) is 0.722. The predicted molar refractivity (Wildman–Crippen MR) is 64.7 cm³/mol. The number of nitrogens with zero attached hydrogens (tertiary/aromatic N) is 1. The van der Waals surface area contributed by atoms with Crippen LogP contribution in [0.3, 0.4) is 0 Å². The van der Waals surface area contributed by atoms with Crippen LogP contribution in [-0.4, -0.2) is 4.98 Å². The van der Waals surface area contributed by atoms with E-state index in [2.05, 4.69) is 4.98 Å². The van der Waals surface area contributed by atoms with E-state index < -0.39 is 0 Å². The Balaban J connectivity index is 2.54. The Labute approximate surface area is 103 Å². The van der Waals surface area contributed by atoms with Gasteiger partial charge in [-0.25, -0.2) is 0 Å². The summed E-state index contributed by atoms with van der Waals surface area (Å²) in [6, 6.07) is 7.13. The third-order valence-electron chi connectivity index (χ3n) is 1.95. The van der Waals surface area contributed by atoms with Gasteiger partial charge in [0.25, 0.3) is 0 Å². The summed E-state index contributed by atoms with van der Waals surface area (Å²) < 4.78 is 0. The summed E-state index contributed by atoms with van der Waals surface area (Å²) in [4.78, 5) is 4.00. The van der Waals surface area contributed by atoms with E-state index in [4.69, 9.17) is 34.8 Å². The molecular formula is C11H6Cl3N. The third kappa shape index (κ3) is 2.43. The van der Waals surface area contributed by atoms with E-state index in [9.17, 15) is 0 Å². The Morgan fingerprint density at radius 2 is 1.67 bits per heavy atom. The van der Waals surface area contributed by atoms with Crippen molar-refractivity contribution in [2.45, 2.75) is 0 Å². The summed E-state index contributed by atoms with van der Waals surface area (Å²) >= 11 is 17.7. The zero-order valence-electron chi connectivity index (χ0n) is 7.55. The lowest BCUT2D eigenvalue weighted by atomic mass is 10.1. The van der Waals surface area contributed by atoms with Crippen molar-refractivity contribution in [2.24, 2.45) is 0 Å². The van der Waals surface area contributed by atoms with E-state index in [-0.39, 0.29) is 0 Å². The molecular weight excluding hydrogens is 252 g/mol. The molecule has 4 heteroatoms. The molecule has 0 atom stereocenters.